The second kappa shape index (κ2) is 7.37. The lowest BCUT2D eigenvalue weighted by Crippen LogP contribution is -2.48. The number of hydrogen-bond donors (Lipinski definition) is 1. The maximum absolute atomic E-state index is 12.2. The summed E-state index contributed by atoms with van der Waals surface area (Å²) in [4.78, 5) is 15.9. The molecule has 1 aliphatic heterocycles. The van der Waals surface area contributed by atoms with Gasteiger partial charge in [0.15, 0.2) is 0 Å². The molecule has 7 nitrogen and oxygen atoms in total. The van der Waals surface area contributed by atoms with Gasteiger partial charge in [0, 0.05) is 42.5 Å². The van der Waals surface area contributed by atoms with Crippen molar-refractivity contribution >= 4 is 31.5 Å². The van der Waals surface area contributed by atoms with E-state index in [9.17, 15) is 13.2 Å². The van der Waals surface area contributed by atoms with Crippen LogP contribution in [0.5, 0.6) is 5.75 Å². The van der Waals surface area contributed by atoms with Gasteiger partial charge < -0.3 is 19.9 Å². The summed E-state index contributed by atoms with van der Waals surface area (Å²) in [6.07, 6.45) is 0. The van der Waals surface area contributed by atoms with Crippen molar-refractivity contribution in [2.45, 2.75) is 11.8 Å². The van der Waals surface area contributed by atoms with Crippen molar-refractivity contribution in [2.24, 2.45) is 0 Å². The van der Waals surface area contributed by atoms with Crippen LogP contribution in [0.2, 0.25) is 0 Å². The number of carbonyl (C=O) groups is 1. The van der Waals surface area contributed by atoms with Gasteiger partial charge in [0.1, 0.15) is 10.6 Å². The van der Waals surface area contributed by atoms with E-state index in [1.54, 1.807) is 17.9 Å². The molecule has 9 heteroatoms. The van der Waals surface area contributed by atoms with E-state index in [1.807, 2.05) is 7.05 Å². The molecular weight excluding hydrogens is 342 g/mol. The van der Waals surface area contributed by atoms with Crippen molar-refractivity contribution in [3.05, 3.63) is 18.2 Å². The molecule has 0 saturated carbocycles. The van der Waals surface area contributed by atoms with Crippen LogP contribution in [0.15, 0.2) is 23.1 Å². The molecule has 2 amide bonds. The first-order valence-electron chi connectivity index (χ1n) is 7.27. The Kier molecular flexibility index (Phi) is 5.72. The van der Waals surface area contributed by atoms with Crippen LogP contribution in [0.4, 0.5) is 10.5 Å². The van der Waals surface area contributed by atoms with Gasteiger partial charge >= 0.3 is 6.03 Å². The second-order valence-electron chi connectivity index (χ2n) is 5.25. The molecule has 1 N–H and O–H groups in total. The van der Waals surface area contributed by atoms with Gasteiger partial charge in [-0.3, -0.25) is 0 Å². The van der Waals surface area contributed by atoms with Crippen LogP contribution in [0.1, 0.15) is 6.92 Å². The van der Waals surface area contributed by atoms with E-state index >= 15 is 0 Å². The third kappa shape index (κ3) is 4.73. The van der Waals surface area contributed by atoms with Gasteiger partial charge in [-0.2, -0.15) is 0 Å². The van der Waals surface area contributed by atoms with Crippen LogP contribution in [-0.4, -0.2) is 64.1 Å². The Labute approximate surface area is 140 Å². The van der Waals surface area contributed by atoms with E-state index in [0.29, 0.717) is 25.4 Å². The zero-order valence-electron chi connectivity index (χ0n) is 13.1. The number of amides is 2. The largest absolute Gasteiger partial charge is 0.492 e. The topological polar surface area (TPSA) is 79.0 Å². The van der Waals surface area contributed by atoms with E-state index in [-0.39, 0.29) is 16.7 Å². The van der Waals surface area contributed by atoms with E-state index in [4.69, 9.17) is 15.4 Å². The minimum Gasteiger partial charge on any atom is -0.492 e. The first-order valence-corrected chi connectivity index (χ1v) is 9.58. The summed E-state index contributed by atoms with van der Waals surface area (Å²) in [6.45, 7) is 4.91. The number of nitrogens with one attached hydrogen (secondary N) is 1. The maximum Gasteiger partial charge on any atom is 0.321 e. The van der Waals surface area contributed by atoms with Crippen LogP contribution in [0.3, 0.4) is 0 Å². The smallest absolute Gasteiger partial charge is 0.321 e. The van der Waals surface area contributed by atoms with Crippen LogP contribution in [-0.2, 0) is 9.05 Å². The lowest BCUT2D eigenvalue weighted by molar-refractivity contribution is 0.164. The molecule has 1 fully saturated rings. The van der Waals surface area contributed by atoms with Gasteiger partial charge in [0.25, 0.3) is 9.05 Å². The number of benzene rings is 1. The highest BCUT2D eigenvalue weighted by Gasteiger charge is 2.21. The average Bonchev–Trinajstić information content (AvgIpc) is 2.48. The Bertz CT molecular complexity index is 673. The standard InChI is InChI=1S/C14H20ClN3O4S/c1-3-22-12-5-4-11(10-13(12)23(15,20)21)16-14(19)18-8-6-17(2)7-9-18/h4-5,10H,3,6-9H2,1-2H3,(H,16,19). The molecule has 0 spiro atoms. The SMILES string of the molecule is CCOc1ccc(NC(=O)N2CCN(C)CC2)cc1S(=O)(=O)Cl. The van der Waals surface area contributed by atoms with Crippen molar-refractivity contribution in [1.29, 1.82) is 0 Å². The van der Waals surface area contributed by atoms with Crippen molar-refractivity contribution in [2.75, 3.05) is 45.2 Å². The molecule has 0 aromatic heterocycles. The molecule has 0 unspecified atom stereocenters. The first kappa shape index (κ1) is 17.8. The second-order valence-corrected chi connectivity index (χ2v) is 7.79. The lowest BCUT2D eigenvalue weighted by Gasteiger charge is -2.32. The number of halogens is 1. The normalized spacial score (nSPS) is 16.2. The molecule has 1 aliphatic rings. The Morgan fingerprint density at radius 3 is 2.52 bits per heavy atom. The number of likely N-dealkylation sites (N-methyl/N-ethyl adjacent to an activating group) is 1. The molecule has 1 aromatic carbocycles. The number of rotatable bonds is 4. The van der Waals surface area contributed by atoms with Gasteiger partial charge in [0.2, 0.25) is 0 Å². The fourth-order valence-corrected chi connectivity index (χ4v) is 3.26. The number of piperazine rings is 1. The quantitative estimate of drug-likeness (QED) is 0.827. The summed E-state index contributed by atoms with van der Waals surface area (Å²) in [5.74, 6) is 0.167. The summed E-state index contributed by atoms with van der Waals surface area (Å²) in [5.41, 5.74) is 0.358. The molecule has 0 radical (unpaired) electrons. The van der Waals surface area contributed by atoms with Crippen LogP contribution >= 0.6 is 10.7 Å². The molecule has 128 valence electrons. The highest BCUT2D eigenvalue weighted by Crippen LogP contribution is 2.30. The molecule has 1 heterocycles. The van der Waals surface area contributed by atoms with E-state index in [2.05, 4.69) is 10.2 Å². The van der Waals surface area contributed by atoms with Crippen molar-refractivity contribution in [3.63, 3.8) is 0 Å². The van der Waals surface area contributed by atoms with Gasteiger partial charge in [-0.15, -0.1) is 0 Å². The van der Waals surface area contributed by atoms with Crippen LogP contribution in [0.25, 0.3) is 0 Å². The first-order chi connectivity index (χ1) is 10.8. The van der Waals surface area contributed by atoms with Gasteiger partial charge in [-0.05, 0) is 32.2 Å². The Morgan fingerprint density at radius 1 is 1.30 bits per heavy atom. The predicted molar refractivity (Wildman–Crippen MR) is 88.7 cm³/mol. The molecule has 0 aliphatic carbocycles. The van der Waals surface area contributed by atoms with Gasteiger partial charge in [0.05, 0.1) is 6.61 Å². The number of anilines is 1. The van der Waals surface area contributed by atoms with E-state index in [1.165, 1.54) is 12.1 Å². The van der Waals surface area contributed by atoms with Crippen LogP contribution in [0, 0.1) is 0 Å². The van der Waals surface area contributed by atoms with E-state index in [0.717, 1.165) is 13.1 Å². The average molecular weight is 362 g/mol. The zero-order chi connectivity index (χ0) is 17.0. The maximum atomic E-state index is 12.2. The highest BCUT2D eigenvalue weighted by molar-refractivity contribution is 8.13. The van der Waals surface area contributed by atoms with Crippen LogP contribution < -0.4 is 10.1 Å². The summed E-state index contributed by atoms with van der Waals surface area (Å²) in [5, 5.41) is 2.70. The monoisotopic (exact) mass is 361 g/mol. The predicted octanol–water partition coefficient (Wildman–Crippen LogP) is 1.79. The molecule has 0 bridgehead atoms. The molecule has 2 rings (SSSR count). The number of urea groups is 1. The Hall–Kier alpha value is -1.51. The summed E-state index contributed by atoms with van der Waals surface area (Å²) < 4.78 is 28.6. The van der Waals surface area contributed by atoms with Crippen molar-refractivity contribution in [1.82, 2.24) is 9.80 Å². The molecule has 1 aromatic rings. The van der Waals surface area contributed by atoms with E-state index < -0.39 is 9.05 Å². The minimum absolute atomic E-state index is 0.155. The molecule has 0 atom stereocenters. The summed E-state index contributed by atoms with van der Waals surface area (Å²) in [7, 11) is 3.47. The van der Waals surface area contributed by atoms with Crippen molar-refractivity contribution < 1.29 is 17.9 Å². The van der Waals surface area contributed by atoms with Gasteiger partial charge in [-0.25, -0.2) is 13.2 Å². The summed E-state index contributed by atoms with van der Waals surface area (Å²) >= 11 is 0. The third-order valence-corrected chi connectivity index (χ3v) is 4.89. The number of carbonyl (C=O) groups excluding carboxylic acids is 1. The highest BCUT2D eigenvalue weighted by atomic mass is 35.7. The fourth-order valence-electron chi connectivity index (χ4n) is 2.26. The lowest BCUT2D eigenvalue weighted by atomic mass is 10.3. The van der Waals surface area contributed by atoms with Crippen molar-refractivity contribution in [3.8, 4) is 5.75 Å². The number of hydrogen-bond acceptors (Lipinski definition) is 5. The summed E-state index contributed by atoms with van der Waals surface area (Å²) in [6, 6.07) is 4.12. The molecule has 23 heavy (non-hydrogen) atoms. The molecule has 1 saturated heterocycles. The minimum atomic E-state index is -3.97. The molecular formula is C14H20ClN3O4S. The fraction of sp³-hybridized carbons (Fsp3) is 0.500. The third-order valence-electron chi connectivity index (χ3n) is 3.55. The Balaban J connectivity index is 2.15. The zero-order valence-corrected chi connectivity index (χ0v) is 14.7. The Morgan fingerprint density at radius 2 is 1.96 bits per heavy atom. The number of nitrogens with zero attached hydrogens (tertiary/aromatic N) is 2. The van der Waals surface area contributed by atoms with Gasteiger partial charge in [-0.1, -0.05) is 0 Å². The number of ether oxygens (including phenoxy) is 1.